The topological polar surface area (TPSA) is 35.2 Å². The van der Waals surface area contributed by atoms with Gasteiger partial charge in [0.1, 0.15) is 11.9 Å². The summed E-state index contributed by atoms with van der Waals surface area (Å²) in [6.07, 6.45) is -0.0822. The van der Waals surface area contributed by atoms with Crippen molar-refractivity contribution in [3.05, 3.63) is 50.6 Å². The van der Waals surface area contributed by atoms with Gasteiger partial charge in [-0.2, -0.15) is 0 Å². The van der Waals surface area contributed by atoms with Gasteiger partial charge in [-0.3, -0.25) is 0 Å². The number of thiophene rings is 1. The highest BCUT2D eigenvalue weighted by Gasteiger charge is 2.14. The Morgan fingerprint density at radius 1 is 1.26 bits per heavy atom. The van der Waals surface area contributed by atoms with E-state index in [1.54, 1.807) is 11.3 Å². The second-order valence-corrected chi connectivity index (χ2v) is 6.59. The van der Waals surface area contributed by atoms with Gasteiger partial charge in [-0.15, -0.1) is 11.3 Å². The Labute approximate surface area is 126 Å². The van der Waals surface area contributed by atoms with Crippen LogP contribution in [0.3, 0.4) is 0 Å². The second-order valence-electron chi connectivity index (χ2n) is 4.73. The molecule has 0 spiro atoms. The van der Waals surface area contributed by atoms with E-state index < -0.39 is 0 Å². The normalized spacial score (nSPS) is 12.7. The summed E-state index contributed by atoms with van der Waals surface area (Å²) in [7, 11) is 0. The van der Waals surface area contributed by atoms with Crippen molar-refractivity contribution in [2.45, 2.75) is 25.9 Å². The molecule has 1 aromatic heterocycles. The quantitative estimate of drug-likeness (QED) is 0.855. The third kappa shape index (κ3) is 3.81. The Morgan fingerprint density at radius 2 is 1.95 bits per heavy atom. The second kappa shape index (κ2) is 6.55. The lowest BCUT2D eigenvalue weighted by atomic mass is 10.0. The third-order valence-corrected chi connectivity index (χ3v) is 4.73. The van der Waals surface area contributed by atoms with E-state index in [2.05, 4.69) is 48.0 Å². The third-order valence-electron chi connectivity index (χ3n) is 2.94. The molecule has 2 rings (SSSR count). The molecule has 0 fully saturated rings. The van der Waals surface area contributed by atoms with Gasteiger partial charge in [0.05, 0.1) is 0 Å². The fraction of sp³-hybridized carbons (Fsp3) is 0.333. The summed E-state index contributed by atoms with van der Waals surface area (Å²) >= 11 is 5.11. The first-order valence-electron chi connectivity index (χ1n) is 6.30. The molecule has 1 atom stereocenters. The molecule has 0 saturated carbocycles. The first-order valence-corrected chi connectivity index (χ1v) is 7.98. The number of halogens is 1. The van der Waals surface area contributed by atoms with Gasteiger partial charge in [0.25, 0.3) is 0 Å². The van der Waals surface area contributed by atoms with Gasteiger partial charge < -0.3 is 10.5 Å². The van der Waals surface area contributed by atoms with E-state index in [4.69, 9.17) is 10.5 Å². The van der Waals surface area contributed by atoms with Gasteiger partial charge >= 0.3 is 0 Å². The smallest absolute Gasteiger partial charge is 0.145 e. The average Bonchev–Trinajstić information content (AvgIpc) is 2.83. The monoisotopic (exact) mass is 339 g/mol. The minimum atomic E-state index is -0.0822. The summed E-state index contributed by atoms with van der Waals surface area (Å²) in [6.45, 7) is 4.84. The molecular formula is C15H18BrNOS. The van der Waals surface area contributed by atoms with Crippen molar-refractivity contribution in [2.75, 3.05) is 6.54 Å². The molecule has 2 nitrogen and oxygen atoms in total. The molecule has 0 bridgehead atoms. The lowest BCUT2D eigenvalue weighted by Crippen LogP contribution is -2.17. The molecule has 1 heterocycles. The van der Waals surface area contributed by atoms with E-state index in [0.717, 1.165) is 15.1 Å². The Balaban J connectivity index is 2.10. The summed E-state index contributed by atoms with van der Waals surface area (Å²) in [5, 5.41) is 2.04. The fourth-order valence-electron chi connectivity index (χ4n) is 1.82. The Bertz CT molecular complexity index is 521. The van der Waals surface area contributed by atoms with Crippen LogP contribution < -0.4 is 10.5 Å². The van der Waals surface area contributed by atoms with Gasteiger partial charge in [0, 0.05) is 21.3 Å². The van der Waals surface area contributed by atoms with E-state index in [0.29, 0.717) is 12.5 Å². The molecule has 0 amide bonds. The van der Waals surface area contributed by atoms with Gasteiger partial charge in [0.2, 0.25) is 0 Å². The zero-order valence-electron chi connectivity index (χ0n) is 11.1. The van der Waals surface area contributed by atoms with Crippen molar-refractivity contribution in [2.24, 2.45) is 5.73 Å². The summed E-state index contributed by atoms with van der Waals surface area (Å²) in [5.74, 6) is 1.40. The molecule has 2 N–H and O–H groups in total. The van der Waals surface area contributed by atoms with Crippen LogP contribution in [-0.4, -0.2) is 6.54 Å². The molecular weight excluding hydrogens is 322 g/mol. The Hall–Kier alpha value is -0.840. The molecule has 0 aliphatic carbocycles. The largest absolute Gasteiger partial charge is 0.484 e. The highest BCUT2D eigenvalue weighted by molar-refractivity contribution is 9.10. The molecule has 4 heteroatoms. The molecule has 19 heavy (non-hydrogen) atoms. The number of rotatable bonds is 5. The minimum Gasteiger partial charge on any atom is -0.484 e. The van der Waals surface area contributed by atoms with Crippen LogP contribution >= 0.6 is 27.3 Å². The van der Waals surface area contributed by atoms with E-state index >= 15 is 0 Å². The summed E-state index contributed by atoms with van der Waals surface area (Å²) in [4.78, 5) is 1.14. The number of benzene rings is 1. The van der Waals surface area contributed by atoms with Crippen molar-refractivity contribution in [1.29, 1.82) is 0 Å². The molecule has 0 aliphatic heterocycles. The van der Waals surface area contributed by atoms with Crippen LogP contribution in [-0.2, 0) is 0 Å². The molecule has 0 radical (unpaired) electrons. The number of hydrogen-bond donors (Lipinski definition) is 1. The summed E-state index contributed by atoms with van der Waals surface area (Å²) < 4.78 is 7.04. The van der Waals surface area contributed by atoms with Gasteiger partial charge in [-0.25, -0.2) is 0 Å². The maximum Gasteiger partial charge on any atom is 0.145 e. The predicted molar refractivity (Wildman–Crippen MR) is 85.0 cm³/mol. The van der Waals surface area contributed by atoms with Crippen molar-refractivity contribution in [3.63, 3.8) is 0 Å². The number of ether oxygens (including phenoxy) is 1. The minimum absolute atomic E-state index is 0.0822. The predicted octanol–water partition coefficient (Wildman–Crippen LogP) is 4.71. The van der Waals surface area contributed by atoms with Crippen molar-refractivity contribution >= 4 is 27.3 Å². The SMILES string of the molecule is CC(C)c1ccc(OC(CN)c2cc(Br)cs2)cc1. The standard InChI is InChI=1S/C15H18BrNOS/c1-10(2)11-3-5-13(6-4-11)18-14(8-17)15-7-12(16)9-19-15/h3-7,9-10,14H,8,17H2,1-2H3. The van der Waals surface area contributed by atoms with Gasteiger partial charge in [-0.05, 0) is 45.6 Å². The van der Waals surface area contributed by atoms with E-state index in [-0.39, 0.29) is 6.10 Å². The molecule has 102 valence electrons. The molecule has 2 aromatic rings. The first-order chi connectivity index (χ1) is 9.10. The molecule has 0 aliphatic rings. The highest BCUT2D eigenvalue weighted by Crippen LogP contribution is 2.29. The molecule has 0 saturated heterocycles. The van der Waals surface area contributed by atoms with Crippen LogP contribution in [0.2, 0.25) is 0 Å². The van der Waals surface area contributed by atoms with E-state index in [1.165, 1.54) is 5.56 Å². The van der Waals surface area contributed by atoms with Gasteiger partial charge in [0.15, 0.2) is 0 Å². The van der Waals surface area contributed by atoms with E-state index in [1.807, 2.05) is 17.5 Å². The van der Waals surface area contributed by atoms with E-state index in [9.17, 15) is 0 Å². The lowest BCUT2D eigenvalue weighted by molar-refractivity contribution is 0.218. The maximum atomic E-state index is 5.96. The summed E-state index contributed by atoms with van der Waals surface area (Å²) in [5.41, 5.74) is 7.12. The number of nitrogens with two attached hydrogens (primary N) is 1. The van der Waals surface area contributed by atoms with Crippen LogP contribution in [0.15, 0.2) is 40.2 Å². The van der Waals surface area contributed by atoms with Crippen LogP contribution in [0.1, 0.15) is 36.3 Å². The Kier molecular flexibility index (Phi) is 5.02. The average molecular weight is 340 g/mol. The maximum absolute atomic E-state index is 5.96. The van der Waals surface area contributed by atoms with Gasteiger partial charge in [-0.1, -0.05) is 26.0 Å². The highest BCUT2D eigenvalue weighted by atomic mass is 79.9. The Morgan fingerprint density at radius 3 is 2.42 bits per heavy atom. The zero-order chi connectivity index (χ0) is 13.8. The molecule has 1 unspecified atom stereocenters. The van der Waals surface area contributed by atoms with Crippen molar-refractivity contribution < 1.29 is 4.74 Å². The van der Waals surface area contributed by atoms with Crippen LogP contribution in [0.5, 0.6) is 5.75 Å². The van der Waals surface area contributed by atoms with Crippen molar-refractivity contribution in [3.8, 4) is 5.75 Å². The lowest BCUT2D eigenvalue weighted by Gasteiger charge is -2.16. The zero-order valence-corrected chi connectivity index (χ0v) is 13.5. The molecule has 1 aromatic carbocycles. The van der Waals surface area contributed by atoms with Crippen molar-refractivity contribution in [1.82, 2.24) is 0 Å². The first kappa shape index (κ1) is 14.6. The summed E-state index contributed by atoms with van der Waals surface area (Å²) in [6, 6.07) is 10.3. The van der Waals surface area contributed by atoms with Crippen LogP contribution in [0, 0.1) is 0 Å². The number of hydrogen-bond acceptors (Lipinski definition) is 3. The van der Waals surface area contributed by atoms with Crippen LogP contribution in [0.4, 0.5) is 0 Å². The fourth-order valence-corrected chi connectivity index (χ4v) is 3.30. The van der Waals surface area contributed by atoms with Crippen LogP contribution in [0.25, 0.3) is 0 Å².